The van der Waals surface area contributed by atoms with Crippen molar-refractivity contribution in [2.45, 2.75) is 26.1 Å². The van der Waals surface area contributed by atoms with Crippen LogP contribution in [0.15, 0.2) is 28.7 Å². The number of rotatable bonds is 5. The Morgan fingerprint density at radius 1 is 1.25 bits per heavy atom. The van der Waals surface area contributed by atoms with Crippen LogP contribution >= 0.6 is 15.9 Å². The maximum absolute atomic E-state index is 13.0. The number of anilines is 3. The van der Waals surface area contributed by atoms with Gasteiger partial charge in [0.1, 0.15) is 5.82 Å². The fraction of sp³-hybridized carbons (Fsp3) is 0.333. The summed E-state index contributed by atoms with van der Waals surface area (Å²) >= 11 is 3.36. The zero-order chi connectivity index (χ0) is 17.9. The van der Waals surface area contributed by atoms with Crippen molar-refractivity contribution in [2.24, 2.45) is 0 Å². The SMILES string of the molecule is Cc1cc(Nc2cc(C(F)(F)F)nc(N[C@@H](C)CO)n2)ccc1Br. The molecular formula is C15H16BrF3N4O. The molecule has 0 spiro atoms. The largest absolute Gasteiger partial charge is 0.433 e. The van der Waals surface area contributed by atoms with Crippen LogP contribution < -0.4 is 10.6 Å². The molecule has 2 aromatic rings. The van der Waals surface area contributed by atoms with Crippen LogP contribution in [0.3, 0.4) is 0 Å². The van der Waals surface area contributed by atoms with Crippen molar-refractivity contribution in [3.63, 3.8) is 0 Å². The predicted molar refractivity (Wildman–Crippen MR) is 89.4 cm³/mol. The van der Waals surface area contributed by atoms with Crippen molar-refractivity contribution in [3.8, 4) is 0 Å². The highest BCUT2D eigenvalue weighted by Crippen LogP contribution is 2.31. The van der Waals surface area contributed by atoms with Gasteiger partial charge in [0, 0.05) is 22.3 Å². The Bertz CT molecular complexity index is 724. The summed E-state index contributed by atoms with van der Waals surface area (Å²) < 4.78 is 40.0. The normalized spacial score (nSPS) is 12.8. The third-order valence-corrected chi connectivity index (χ3v) is 3.99. The monoisotopic (exact) mass is 404 g/mol. The van der Waals surface area contributed by atoms with Crippen LogP contribution in [-0.4, -0.2) is 27.7 Å². The highest BCUT2D eigenvalue weighted by Gasteiger charge is 2.34. The molecule has 0 aliphatic carbocycles. The van der Waals surface area contributed by atoms with Crippen molar-refractivity contribution in [1.82, 2.24) is 9.97 Å². The number of aromatic nitrogens is 2. The number of nitrogens with one attached hydrogen (secondary N) is 2. The molecule has 3 N–H and O–H groups in total. The van der Waals surface area contributed by atoms with Crippen LogP contribution in [0.25, 0.3) is 0 Å². The summed E-state index contributed by atoms with van der Waals surface area (Å²) in [5.74, 6) is -0.200. The van der Waals surface area contributed by atoms with Gasteiger partial charge in [-0.1, -0.05) is 15.9 Å². The zero-order valence-electron chi connectivity index (χ0n) is 12.9. The lowest BCUT2D eigenvalue weighted by molar-refractivity contribution is -0.141. The number of alkyl halides is 3. The van der Waals surface area contributed by atoms with E-state index >= 15 is 0 Å². The maximum Gasteiger partial charge on any atom is 0.433 e. The molecule has 9 heteroatoms. The van der Waals surface area contributed by atoms with Crippen LogP contribution in [0, 0.1) is 6.92 Å². The van der Waals surface area contributed by atoms with Crippen molar-refractivity contribution in [2.75, 3.05) is 17.2 Å². The fourth-order valence-electron chi connectivity index (χ4n) is 1.86. The van der Waals surface area contributed by atoms with Gasteiger partial charge in [0.25, 0.3) is 0 Å². The molecule has 2 rings (SSSR count). The third-order valence-electron chi connectivity index (χ3n) is 3.10. The highest BCUT2D eigenvalue weighted by molar-refractivity contribution is 9.10. The minimum Gasteiger partial charge on any atom is -0.394 e. The zero-order valence-corrected chi connectivity index (χ0v) is 14.5. The Balaban J connectivity index is 2.36. The van der Waals surface area contributed by atoms with Gasteiger partial charge in [-0.15, -0.1) is 0 Å². The van der Waals surface area contributed by atoms with E-state index in [2.05, 4.69) is 36.5 Å². The lowest BCUT2D eigenvalue weighted by Crippen LogP contribution is -2.22. The molecule has 130 valence electrons. The second kappa shape index (κ2) is 7.35. The lowest BCUT2D eigenvalue weighted by Gasteiger charge is -2.15. The number of aliphatic hydroxyl groups excluding tert-OH is 1. The first-order chi connectivity index (χ1) is 11.2. The molecule has 1 heterocycles. The number of hydrogen-bond acceptors (Lipinski definition) is 5. The van der Waals surface area contributed by atoms with E-state index in [-0.39, 0.29) is 18.4 Å². The summed E-state index contributed by atoms with van der Waals surface area (Å²) in [7, 11) is 0. The number of aryl methyl sites for hydroxylation is 1. The molecule has 0 radical (unpaired) electrons. The first-order valence-electron chi connectivity index (χ1n) is 7.06. The van der Waals surface area contributed by atoms with Gasteiger partial charge in [-0.2, -0.15) is 18.2 Å². The Hall–Kier alpha value is -1.87. The molecule has 1 atom stereocenters. The average Bonchev–Trinajstić information content (AvgIpc) is 2.49. The highest BCUT2D eigenvalue weighted by atomic mass is 79.9. The molecule has 0 amide bonds. The molecule has 0 aliphatic heterocycles. The van der Waals surface area contributed by atoms with E-state index in [1.165, 1.54) is 0 Å². The Kier molecular flexibility index (Phi) is 5.66. The Morgan fingerprint density at radius 2 is 1.96 bits per heavy atom. The summed E-state index contributed by atoms with van der Waals surface area (Å²) in [4.78, 5) is 7.49. The lowest BCUT2D eigenvalue weighted by atomic mass is 10.2. The average molecular weight is 405 g/mol. The molecular weight excluding hydrogens is 389 g/mol. The smallest absolute Gasteiger partial charge is 0.394 e. The van der Waals surface area contributed by atoms with Crippen molar-refractivity contribution in [1.29, 1.82) is 0 Å². The molecule has 1 aromatic carbocycles. The van der Waals surface area contributed by atoms with Crippen molar-refractivity contribution >= 4 is 33.4 Å². The minimum atomic E-state index is -4.60. The van der Waals surface area contributed by atoms with Crippen LogP contribution in [0.5, 0.6) is 0 Å². The maximum atomic E-state index is 13.0. The quantitative estimate of drug-likeness (QED) is 0.699. The second-order valence-corrected chi connectivity index (χ2v) is 6.13. The first-order valence-corrected chi connectivity index (χ1v) is 7.85. The van der Waals surface area contributed by atoms with E-state index in [0.29, 0.717) is 5.69 Å². The fourth-order valence-corrected chi connectivity index (χ4v) is 2.10. The number of halogens is 4. The van der Waals surface area contributed by atoms with Crippen LogP contribution in [-0.2, 0) is 6.18 Å². The van der Waals surface area contributed by atoms with Crippen LogP contribution in [0.4, 0.5) is 30.6 Å². The summed E-state index contributed by atoms with van der Waals surface area (Å²) in [6.07, 6.45) is -4.60. The molecule has 0 unspecified atom stereocenters. The number of nitrogens with zero attached hydrogens (tertiary/aromatic N) is 2. The minimum absolute atomic E-state index is 0.00619. The van der Waals surface area contributed by atoms with Gasteiger partial charge in [0.2, 0.25) is 5.95 Å². The molecule has 0 saturated heterocycles. The van der Waals surface area contributed by atoms with E-state index in [9.17, 15) is 13.2 Å². The molecule has 5 nitrogen and oxygen atoms in total. The van der Waals surface area contributed by atoms with Crippen molar-refractivity contribution in [3.05, 3.63) is 40.0 Å². The van der Waals surface area contributed by atoms with E-state index in [1.807, 2.05) is 6.92 Å². The summed E-state index contributed by atoms with van der Waals surface area (Å²) in [6, 6.07) is 5.65. The van der Waals surface area contributed by atoms with E-state index in [4.69, 9.17) is 5.11 Å². The Morgan fingerprint density at radius 3 is 2.54 bits per heavy atom. The van der Waals surface area contributed by atoms with Gasteiger partial charge >= 0.3 is 6.18 Å². The number of benzene rings is 1. The van der Waals surface area contributed by atoms with Gasteiger partial charge in [-0.25, -0.2) is 4.98 Å². The van der Waals surface area contributed by atoms with Crippen LogP contribution in [0.1, 0.15) is 18.2 Å². The standard InChI is InChI=1S/C15H16BrF3N4O/c1-8-5-10(3-4-11(8)16)21-13-6-12(15(17,18)19)22-14(23-13)20-9(2)7-24/h3-6,9,24H,7H2,1-2H3,(H2,20,21,22,23)/t9-/m0/s1. The molecule has 0 aliphatic rings. The summed E-state index contributed by atoms with van der Waals surface area (Å²) in [5, 5.41) is 14.5. The van der Waals surface area contributed by atoms with Gasteiger partial charge in [-0.3, -0.25) is 0 Å². The van der Waals surface area contributed by atoms with Gasteiger partial charge < -0.3 is 15.7 Å². The predicted octanol–water partition coefficient (Wildman–Crippen LogP) is 4.10. The van der Waals surface area contributed by atoms with Crippen LogP contribution in [0.2, 0.25) is 0 Å². The number of hydrogen-bond donors (Lipinski definition) is 3. The van der Waals surface area contributed by atoms with E-state index in [0.717, 1.165) is 16.1 Å². The first kappa shape index (κ1) is 18.5. The van der Waals surface area contributed by atoms with E-state index in [1.54, 1.807) is 25.1 Å². The summed E-state index contributed by atoms with van der Waals surface area (Å²) in [5.41, 5.74) is 0.461. The molecule has 0 fully saturated rings. The summed E-state index contributed by atoms with van der Waals surface area (Å²) in [6.45, 7) is 3.22. The Labute approximate surface area is 145 Å². The van der Waals surface area contributed by atoms with Crippen molar-refractivity contribution < 1.29 is 18.3 Å². The molecule has 0 bridgehead atoms. The van der Waals surface area contributed by atoms with E-state index < -0.39 is 17.9 Å². The topological polar surface area (TPSA) is 70.1 Å². The second-order valence-electron chi connectivity index (χ2n) is 5.28. The third kappa shape index (κ3) is 4.81. The molecule has 1 aromatic heterocycles. The molecule has 0 saturated carbocycles. The van der Waals surface area contributed by atoms with Gasteiger partial charge in [0.05, 0.1) is 6.61 Å². The van der Waals surface area contributed by atoms with Gasteiger partial charge in [0.15, 0.2) is 5.69 Å². The van der Waals surface area contributed by atoms with Gasteiger partial charge in [-0.05, 0) is 37.6 Å². The number of aliphatic hydroxyl groups is 1. The molecule has 24 heavy (non-hydrogen) atoms.